The van der Waals surface area contributed by atoms with Gasteiger partial charge in [0.1, 0.15) is 5.82 Å². The van der Waals surface area contributed by atoms with Crippen LogP contribution in [0.25, 0.3) is 11.1 Å². The Morgan fingerprint density at radius 3 is 2.23 bits per heavy atom. The minimum atomic E-state index is -5.04. The first kappa shape index (κ1) is 27.8. The predicted octanol–water partition coefficient (Wildman–Crippen LogP) is 5.81. The van der Waals surface area contributed by atoms with Crippen molar-refractivity contribution in [3.05, 3.63) is 95.8 Å². The zero-order chi connectivity index (χ0) is 28.5. The number of likely N-dealkylation sites (tertiary alicyclic amines) is 1. The van der Waals surface area contributed by atoms with E-state index in [0.29, 0.717) is 30.5 Å². The minimum absolute atomic E-state index is 0.0311. The van der Waals surface area contributed by atoms with E-state index >= 15 is 0 Å². The van der Waals surface area contributed by atoms with Crippen molar-refractivity contribution >= 4 is 11.8 Å². The molecule has 0 aromatic heterocycles. The fourth-order valence-corrected chi connectivity index (χ4v) is 6.29. The molecule has 1 unspecified atom stereocenters. The molecule has 1 N–H and O–H groups in total. The summed E-state index contributed by atoms with van der Waals surface area (Å²) in [6.07, 6.45) is -4.19. The maximum Gasteiger partial charge on any atom is 0.430 e. The van der Waals surface area contributed by atoms with Gasteiger partial charge in [0, 0.05) is 44.6 Å². The van der Waals surface area contributed by atoms with Gasteiger partial charge in [0.15, 0.2) is 0 Å². The highest BCUT2D eigenvalue weighted by atomic mass is 19.4. The molecule has 2 heterocycles. The summed E-state index contributed by atoms with van der Waals surface area (Å²) in [7, 11) is 0.905. The summed E-state index contributed by atoms with van der Waals surface area (Å²) in [5.74, 6) is -1.85. The van der Waals surface area contributed by atoms with Gasteiger partial charge in [-0.1, -0.05) is 60.7 Å². The third-order valence-corrected chi connectivity index (χ3v) is 8.46. The molecule has 0 radical (unpaired) electrons. The summed E-state index contributed by atoms with van der Waals surface area (Å²) in [4.78, 5) is 27.5. The van der Waals surface area contributed by atoms with Gasteiger partial charge in [0.2, 0.25) is 5.91 Å². The number of carbonyl (C=O) groups is 2. The van der Waals surface area contributed by atoms with E-state index in [-0.39, 0.29) is 42.7 Å². The Morgan fingerprint density at radius 2 is 1.60 bits per heavy atom. The second kappa shape index (κ2) is 10.7. The highest BCUT2D eigenvalue weighted by Crippen LogP contribution is 2.50. The minimum Gasteiger partial charge on any atom is -0.356 e. The molecule has 210 valence electrons. The van der Waals surface area contributed by atoms with Crippen molar-refractivity contribution < 1.29 is 31.9 Å². The van der Waals surface area contributed by atoms with Gasteiger partial charge in [0.05, 0.1) is 0 Å². The molecule has 5 rings (SSSR count). The van der Waals surface area contributed by atoms with Crippen LogP contribution in [0, 0.1) is 11.2 Å². The predicted molar refractivity (Wildman–Crippen MR) is 142 cm³/mol. The van der Waals surface area contributed by atoms with Gasteiger partial charge in [0.25, 0.3) is 11.5 Å². The molecule has 3 aromatic carbocycles. The van der Waals surface area contributed by atoms with Crippen molar-refractivity contribution in [3.63, 3.8) is 0 Å². The molecule has 2 atom stereocenters. The molecule has 0 bridgehead atoms. The quantitative estimate of drug-likeness (QED) is 0.405. The monoisotopic (exact) mass is 554 g/mol. The number of nitrogens with one attached hydrogen (secondary N) is 1. The van der Waals surface area contributed by atoms with E-state index < -0.39 is 23.1 Å². The second-order valence-corrected chi connectivity index (χ2v) is 10.6. The number of amides is 2. The zero-order valence-corrected chi connectivity index (χ0v) is 22.0. The number of benzene rings is 3. The SMILES string of the molecule is COC(C(=O)N1CCC2(CC1)CC(=O)NC[C@H]2c1ccc(F)cc1)(c1cccc(-c2ccccc2)c1)C(F)(F)F. The van der Waals surface area contributed by atoms with Crippen molar-refractivity contribution in [2.24, 2.45) is 5.41 Å². The molecule has 2 saturated heterocycles. The molecule has 2 aliphatic heterocycles. The van der Waals surface area contributed by atoms with E-state index in [0.717, 1.165) is 12.7 Å². The van der Waals surface area contributed by atoms with Gasteiger partial charge in [-0.25, -0.2) is 4.39 Å². The van der Waals surface area contributed by atoms with Crippen LogP contribution in [0.2, 0.25) is 0 Å². The molecular formula is C31H30F4N2O3. The van der Waals surface area contributed by atoms with Gasteiger partial charge in [-0.05, 0) is 53.1 Å². The average molecular weight is 555 g/mol. The van der Waals surface area contributed by atoms with E-state index in [2.05, 4.69) is 5.32 Å². The normalized spacial score (nSPS) is 20.6. The topological polar surface area (TPSA) is 58.6 Å². The van der Waals surface area contributed by atoms with Crippen LogP contribution in [-0.2, 0) is 19.9 Å². The number of halogens is 4. The van der Waals surface area contributed by atoms with Crippen LogP contribution in [0.4, 0.5) is 17.6 Å². The molecule has 5 nitrogen and oxygen atoms in total. The number of methoxy groups -OCH3 is 1. The highest BCUT2D eigenvalue weighted by molar-refractivity contribution is 5.88. The third kappa shape index (κ3) is 4.87. The van der Waals surface area contributed by atoms with Crippen molar-refractivity contribution in [2.45, 2.75) is 37.0 Å². The Hall–Kier alpha value is -3.72. The van der Waals surface area contributed by atoms with Crippen molar-refractivity contribution in [1.29, 1.82) is 0 Å². The van der Waals surface area contributed by atoms with Crippen LogP contribution in [0.1, 0.15) is 36.3 Å². The van der Waals surface area contributed by atoms with Gasteiger partial charge >= 0.3 is 6.18 Å². The van der Waals surface area contributed by atoms with Gasteiger partial charge < -0.3 is 15.0 Å². The number of nitrogens with zero attached hydrogens (tertiary/aromatic N) is 1. The van der Waals surface area contributed by atoms with Crippen LogP contribution < -0.4 is 5.32 Å². The Morgan fingerprint density at radius 1 is 0.950 bits per heavy atom. The standard InChI is InChI=1S/C31H30F4N2O3/c1-40-30(31(33,34)35,24-9-5-8-23(18-24)21-6-3-2-4-7-21)28(39)37-16-14-29(15-17-37)19-27(38)36-20-26(29)22-10-12-25(32)13-11-22/h2-13,18,26H,14-17,19-20H2,1H3,(H,36,38)/t26-,30?/m0/s1. The van der Waals surface area contributed by atoms with Crippen LogP contribution in [0.3, 0.4) is 0 Å². The molecule has 0 saturated carbocycles. The van der Waals surface area contributed by atoms with Crippen LogP contribution in [-0.4, -0.2) is 49.6 Å². The van der Waals surface area contributed by atoms with Crippen LogP contribution in [0.5, 0.6) is 0 Å². The molecule has 9 heteroatoms. The highest BCUT2D eigenvalue weighted by Gasteiger charge is 2.64. The largest absolute Gasteiger partial charge is 0.430 e. The van der Waals surface area contributed by atoms with Crippen LogP contribution >= 0.6 is 0 Å². The maximum absolute atomic E-state index is 14.9. The lowest BCUT2D eigenvalue weighted by atomic mass is 9.62. The number of carbonyl (C=O) groups excluding carboxylic acids is 2. The third-order valence-electron chi connectivity index (χ3n) is 8.46. The van der Waals surface area contributed by atoms with E-state index in [9.17, 15) is 27.2 Å². The summed E-state index contributed by atoms with van der Waals surface area (Å²) >= 11 is 0. The summed E-state index contributed by atoms with van der Waals surface area (Å²) < 4.78 is 63.3. The molecule has 2 fully saturated rings. The number of alkyl halides is 3. The molecule has 1 spiro atoms. The lowest BCUT2D eigenvalue weighted by molar-refractivity contribution is -0.271. The smallest absolute Gasteiger partial charge is 0.356 e. The number of hydrogen-bond donors (Lipinski definition) is 1. The van der Waals surface area contributed by atoms with Gasteiger partial charge in [-0.15, -0.1) is 0 Å². The molecular weight excluding hydrogens is 524 g/mol. The molecule has 40 heavy (non-hydrogen) atoms. The van der Waals surface area contributed by atoms with E-state index in [1.807, 2.05) is 6.07 Å². The first-order chi connectivity index (χ1) is 19.1. The molecule has 0 aliphatic carbocycles. The number of hydrogen-bond acceptors (Lipinski definition) is 3. The molecule has 2 aliphatic rings. The first-order valence-electron chi connectivity index (χ1n) is 13.2. The van der Waals surface area contributed by atoms with Crippen molar-refractivity contribution in [3.8, 4) is 11.1 Å². The Bertz CT molecular complexity index is 1370. The lowest BCUT2D eigenvalue weighted by Gasteiger charge is -2.50. The number of piperidine rings is 2. The lowest BCUT2D eigenvalue weighted by Crippen LogP contribution is -2.60. The summed E-state index contributed by atoms with van der Waals surface area (Å²) in [5.41, 5.74) is -1.95. The summed E-state index contributed by atoms with van der Waals surface area (Å²) in [6.45, 7) is 0.405. The van der Waals surface area contributed by atoms with Gasteiger partial charge in [-0.2, -0.15) is 13.2 Å². The zero-order valence-electron chi connectivity index (χ0n) is 22.0. The Balaban J connectivity index is 1.45. The van der Waals surface area contributed by atoms with E-state index in [1.54, 1.807) is 42.5 Å². The first-order valence-corrected chi connectivity index (χ1v) is 13.2. The Labute approximate surface area is 230 Å². The fraction of sp³-hybridized carbons (Fsp3) is 0.355. The second-order valence-electron chi connectivity index (χ2n) is 10.6. The fourth-order valence-electron chi connectivity index (χ4n) is 6.29. The van der Waals surface area contributed by atoms with Gasteiger partial charge in [-0.3, -0.25) is 9.59 Å². The van der Waals surface area contributed by atoms with Crippen molar-refractivity contribution in [1.82, 2.24) is 10.2 Å². The van der Waals surface area contributed by atoms with Crippen LogP contribution in [0.15, 0.2) is 78.9 Å². The number of rotatable bonds is 5. The number of ether oxygens (including phenoxy) is 1. The maximum atomic E-state index is 14.9. The summed E-state index contributed by atoms with van der Waals surface area (Å²) in [6, 6.07) is 20.8. The molecule has 3 aromatic rings. The average Bonchev–Trinajstić information content (AvgIpc) is 2.95. The summed E-state index contributed by atoms with van der Waals surface area (Å²) in [5, 5.41) is 2.86. The molecule has 2 amide bonds. The van der Waals surface area contributed by atoms with E-state index in [4.69, 9.17) is 4.74 Å². The van der Waals surface area contributed by atoms with Crippen molar-refractivity contribution in [2.75, 3.05) is 26.7 Å². The van der Waals surface area contributed by atoms with E-state index in [1.165, 1.54) is 35.2 Å². The Kier molecular flexibility index (Phi) is 7.44.